The fraction of sp³-hybridized carbons (Fsp3) is 0.500. The molecule has 50 valence electrons. The summed E-state index contributed by atoms with van der Waals surface area (Å²) < 4.78 is 1.61. The maximum Gasteiger partial charge on any atom is 0.165 e. The van der Waals surface area contributed by atoms with Crippen molar-refractivity contribution in [1.82, 2.24) is 15.0 Å². The van der Waals surface area contributed by atoms with Gasteiger partial charge in [-0.1, -0.05) is 5.21 Å². The molecule has 9 heavy (non-hydrogen) atoms. The van der Waals surface area contributed by atoms with Gasteiger partial charge in [-0.3, -0.25) is 0 Å². The van der Waals surface area contributed by atoms with E-state index in [0.29, 0.717) is 18.9 Å². The highest BCUT2D eigenvalue weighted by Crippen LogP contribution is 1.89. The van der Waals surface area contributed by atoms with Crippen LogP contribution in [-0.2, 0) is 6.54 Å². The first-order valence-corrected chi connectivity index (χ1v) is 2.68. The smallest absolute Gasteiger partial charge is 0.165 e. The van der Waals surface area contributed by atoms with Crippen molar-refractivity contribution in [3.8, 4) is 0 Å². The standard InChI is InChI=1S/C4H9N5/c5-1-2-9-3-4(6)7-8-9/h3H,1-2,5-6H2. The average molecular weight is 127 g/mol. The van der Waals surface area contributed by atoms with E-state index in [1.54, 1.807) is 10.9 Å². The van der Waals surface area contributed by atoms with Crippen molar-refractivity contribution in [2.45, 2.75) is 6.54 Å². The molecule has 0 aliphatic heterocycles. The van der Waals surface area contributed by atoms with Gasteiger partial charge in [0.15, 0.2) is 5.82 Å². The van der Waals surface area contributed by atoms with Crippen LogP contribution in [0.3, 0.4) is 0 Å². The van der Waals surface area contributed by atoms with Gasteiger partial charge in [-0.05, 0) is 0 Å². The highest BCUT2D eigenvalue weighted by atomic mass is 15.4. The molecule has 0 aliphatic rings. The van der Waals surface area contributed by atoms with E-state index in [1.165, 1.54) is 0 Å². The first kappa shape index (κ1) is 6.03. The molecule has 1 aromatic rings. The Kier molecular flexibility index (Phi) is 1.64. The molecule has 0 saturated carbocycles. The zero-order valence-corrected chi connectivity index (χ0v) is 4.99. The molecule has 5 heteroatoms. The van der Waals surface area contributed by atoms with Gasteiger partial charge in [0.05, 0.1) is 12.7 Å². The normalized spacial score (nSPS) is 9.89. The maximum absolute atomic E-state index is 5.27. The van der Waals surface area contributed by atoms with Gasteiger partial charge in [0.1, 0.15) is 0 Å². The summed E-state index contributed by atoms with van der Waals surface area (Å²) >= 11 is 0. The summed E-state index contributed by atoms with van der Waals surface area (Å²) in [7, 11) is 0. The van der Waals surface area contributed by atoms with Crippen molar-refractivity contribution in [3.63, 3.8) is 0 Å². The van der Waals surface area contributed by atoms with Crippen molar-refractivity contribution >= 4 is 5.82 Å². The second kappa shape index (κ2) is 2.45. The fourth-order valence-electron chi connectivity index (χ4n) is 0.555. The van der Waals surface area contributed by atoms with E-state index in [1.807, 2.05) is 0 Å². The van der Waals surface area contributed by atoms with E-state index in [-0.39, 0.29) is 0 Å². The number of hydrogen-bond donors (Lipinski definition) is 2. The van der Waals surface area contributed by atoms with E-state index in [2.05, 4.69) is 10.3 Å². The topological polar surface area (TPSA) is 82.8 Å². The Morgan fingerprint density at radius 1 is 1.67 bits per heavy atom. The first-order chi connectivity index (χ1) is 4.33. The maximum atomic E-state index is 5.27. The Morgan fingerprint density at radius 3 is 2.89 bits per heavy atom. The van der Waals surface area contributed by atoms with Crippen LogP contribution >= 0.6 is 0 Å². The van der Waals surface area contributed by atoms with Crippen LogP contribution in [0.1, 0.15) is 0 Å². The largest absolute Gasteiger partial charge is 0.381 e. The molecule has 0 bridgehead atoms. The van der Waals surface area contributed by atoms with E-state index < -0.39 is 0 Å². The third-order valence-electron chi connectivity index (χ3n) is 0.915. The summed E-state index contributed by atoms with van der Waals surface area (Å²) in [6.07, 6.45) is 1.65. The lowest BCUT2D eigenvalue weighted by atomic mass is 10.6. The lowest BCUT2D eigenvalue weighted by molar-refractivity contribution is 0.598. The molecule has 5 nitrogen and oxygen atoms in total. The van der Waals surface area contributed by atoms with Crippen LogP contribution in [0, 0.1) is 0 Å². The van der Waals surface area contributed by atoms with E-state index in [0.717, 1.165) is 0 Å². The van der Waals surface area contributed by atoms with Crippen LogP contribution in [-0.4, -0.2) is 21.5 Å². The van der Waals surface area contributed by atoms with Gasteiger partial charge in [0.25, 0.3) is 0 Å². The molecule has 0 spiro atoms. The summed E-state index contributed by atoms with van der Waals surface area (Å²) in [4.78, 5) is 0. The van der Waals surface area contributed by atoms with Gasteiger partial charge < -0.3 is 11.5 Å². The zero-order valence-electron chi connectivity index (χ0n) is 4.99. The highest BCUT2D eigenvalue weighted by molar-refractivity contribution is 5.19. The van der Waals surface area contributed by atoms with Gasteiger partial charge in [-0.25, -0.2) is 4.68 Å². The Morgan fingerprint density at radius 2 is 2.44 bits per heavy atom. The molecular formula is C4H9N5. The fourth-order valence-corrected chi connectivity index (χ4v) is 0.555. The molecule has 0 radical (unpaired) electrons. The quantitative estimate of drug-likeness (QED) is 0.523. The van der Waals surface area contributed by atoms with Crippen molar-refractivity contribution in [1.29, 1.82) is 0 Å². The summed E-state index contributed by atoms with van der Waals surface area (Å²) in [5.74, 6) is 0.434. The minimum absolute atomic E-state index is 0.434. The molecule has 0 atom stereocenters. The molecule has 1 aromatic heterocycles. The predicted octanol–water partition coefficient (Wildman–Crippen LogP) is -1.18. The van der Waals surface area contributed by atoms with Crippen LogP contribution in [0.25, 0.3) is 0 Å². The SMILES string of the molecule is NCCn1cc(N)nn1. The minimum Gasteiger partial charge on any atom is -0.381 e. The van der Waals surface area contributed by atoms with Crippen LogP contribution in [0.5, 0.6) is 0 Å². The molecule has 4 N–H and O–H groups in total. The molecule has 0 aliphatic carbocycles. The van der Waals surface area contributed by atoms with Crippen LogP contribution in [0.4, 0.5) is 5.82 Å². The number of nitrogens with zero attached hydrogens (tertiary/aromatic N) is 3. The average Bonchev–Trinajstić information content (AvgIpc) is 2.17. The number of aromatic nitrogens is 3. The van der Waals surface area contributed by atoms with E-state index >= 15 is 0 Å². The summed E-state index contributed by atoms with van der Waals surface area (Å²) in [6.45, 7) is 1.23. The number of anilines is 1. The Bertz CT molecular complexity index is 181. The van der Waals surface area contributed by atoms with Gasteiger partial charge in [0.2, 0.25) is 0 Å². The van der Waals surface area contributed by atoms with Crippen LogP contribution in [0.2, 0.25) is 0 Å². The number of nitrogens with two attached hydrogens (primary N) is 2. The Hall–Kier alpha value is -1.10. The number of nitrogen functional groups attached to an aromatic ring is 1. The molecule has 0 unspecified atom stereocenters. The molecular weight excluding hydrogens is 118 g/mol. The lowest BCUT2D eigenvalue weighted by Gasteiger charge is -1.91. The van der Waals surface area contributed by atoms with Crippen molar-refractivity contribution in [2.75, 3.05) is 12.3 Å². The number of hydrogen-bond acceptors (Lipinski definition) is 4. The summed E-state index contributed by atoms with van der Waals surface area (Å²) in [6, 6.07) is 0. The Balaban J connectivity index is 2.61. The second-order valence-electron chi connectivity index (χ2n) is 1.70. The lowest BCUT2D eigenvalue weighted by Crippen LogP contribution is -2.10. The summed E-state index contributed by atoms with van der Waals surface area (Å²) in [5, 5.41) is 7.24. The third kappa shape index (κ3) is 1.39. The molecule has 0 aromatic carbocycles. The molecule has 0 saturated heterocycles. The first-order valence-electron chi connectivity index (χ1n) is 2.68. The predicted molar refractivity (Wildman–Crippen MR) is 33.5 cm³/mol. The molecule has 1 heterocycles. The zero-order chi connectivity index (χ0) is 6.69. The van der Waals surface area contributed by atoms with Crippen LogP contribution in [0.15, 0.2) is 6.20 Å². The van der Waals surface area contributed by atoms with Gasteiger partial charge >= 0.3 is 0 Å². The van der Waals surface area contributed by atoms with Gasteiger partial charge in [-0.2, -0.15) is 0 Å². The van der Waals surface area contributed by atoms with Crippen molar-refractivity contribution in [2.24, 2.45) is 5.73 Å². The monoisotopic (exact) mass is 127 g/mol. The summed E-state index contributed by atoms with van der Waals surface area (Å²) in [5.41, 5.74) is 10.5. The highest BCUT2D eigenvalue weighted by Gasteiger charge is 1.91. The Labute approximate surface area is 52.6 Å². The van der Waals surface area contributed by atoms with Crippen LogP contribution < -0.4 is 11.5 Å². The van der Waals surface area contributed by atoms with E-state index in [9.17, 15) is 0 Å². The molecule has 0 amide bonds. The van der Waals surface area contributed by atoms with E-state index in [4.69, 9.17) is 11.5 Å². The van der Waals surface area contributed by atoms with Crippen molar-refractivity contribution in [3.05, 3.63) is 6.20 Å². The third-order valence-corrected chi connectivity index (χ3v) is 0.915. The van der Waals surface area contributed by atoms with Crippen molar-refractivity contribution < 1.29 is 0 Å². The molecule has 0 fully saturated rings. The minimum atomic E-state index is 0.434. The van der Waals surface area contributed by atoms with Gasteiger partial charge in [0, 0.05) is 6.54 Å². The molecule has 1 rings (SSSR count). The second-order valence-corrected chi connectivity index (χ2v) is 1.70. The number of rotatable bonds is 2. The van der Waals surface area contributed by atoms with Gasteiger partial charge in [-0.15, -0.1) is 5.10 Å².